The molecule has 0 unspecified atom stereocenters. The van der Waals surface area contributed by atoms with E-state index in [9.17, 15) is 4.79 Å². The van der Waals surface area contributed by atoms with Crippen LogP contribution in [0.5, 0.6) is 11.5 Å². The second-order valence-electron chi connectivity index (χ2n) is 4.09. The van der Waals surface area contributed by atoms with E-state index in [0.29, 0.717) is 21.5 Å². The van der Waals surface area contributed by atoms with Gasteiger partial charge in [0.2, 0.25) is 0 Å². The molecule has 106 valence electrons. The standard InChI is InChI=1S/C13H17BrO5/c1-8(2)19-12(16)7-18-13-10(14)4-9(6-15)5-11(13)17-3/h4-5,8,15H,6-7H2,1-3H3. The largest absolute Gasteiger partial charge is 0.493 e. The summed E-state index contributed by atoms with van der Waals surface area (Å²) in [6.45, 7) is 3.23. The van der Waals surface area contributed by atoms with Crippen LogP contribution in [0.1, 0.15) is 19.4 Å². The Balaban J connectivity index is 2.80. The fourth-order valence-electron chi connectivity index (χ4n) is 1.43. The van der Waals surface area contributed by atoms with Crippen LogP contribution in [0, 0.1) is 0 Å². The molecule has 0 heterocycles. The monoisotopic (exact) mass is 332 g/mol. The van der Waals surface area contributed by atoms with Gasteiger partial charge in [-0.3, -0.25) is 0 Å². The summed E-state index contributed by atoms with van der Waals surface area (Å²) < 4.78 is 16.1. The van der Waals surface area contributed by atoms with Gasteiger partial charge in [-0.15, -0.1) is 0 Å². The molecule has 1 N–H and O–H groups in total. The summed E-state index contributed by atoms with van der Waals surface area (Å²) >= 11 is 3.31. The van der Waals surface area contributed by atoms with E-state index in [2.05, 4.69) is 15.9 Å². The molecule has 0 aliphatic carbocycles. The zero-order valence-corrected chi connectivity index (χ0v) is 12.7. The first-order valence-corrected chi connectivity index (χ1v) is 6.56. The zero-order valence-electron chi connectivity index (χ0n) is 11.1. The quantitative estimate of drug-likeness (QED) is 0.809. The van der Waals surface area contributed by atoms with Gasteiger partial charge in [0.25, 0.3) is 0 Å². The van der Waals surface area contributed by atoms with Crippen molar-refractivity contribution in [2.75, 3.05) is 13.7 Å². The number of ether oxygens (including phenoxy) is 3. The number of halogens is 1. The minimum Gasteiger partial charge on any atom is -0.493 e. The molecule has 1 aromatic carbocycles. The van der Waals surface area contributed by atoms with Gasteiger partial charge in [0, 0.05) is 0 Å². The molecule has 19 heavy (non-hydrogen) atoms. The van der Waals surface area contributed by atoms with E-state index >= 15 is 0 Å². The van der Waals surface area contributed by atoms with Crippen molar-refractivity contribution in [2.24, 2.45) is 0 Å². The lowest BCUT2D eigenvalue weighted by Crippen LogP contribution is -2.19. The third-order valence-corrected chi connectivity index (χ3v) is 2.76. The minimum atomic E-state index is -0.449. The highest BCUT2D eigenvalue weighted by Crippen LogP contribution is 2.36. The molecule has 0 amide bonds. The van der Waals surface area contributed by atoms with Crippen LogP contribution in [0.4, 0.5) is 0 Å². The predicted octanol–water partition coefficient (Wildman–Crippen LogP) is 2.28. The first-order chi connectivity index (χ1) is 8.97. The van der Waals surface area contributed by atoms with Crippen LogP contribution in [0.3, 0.4) is 0 Å². The number of aliphatic hydroxyl groups is 1. The third-order valence-electron chi connectivity index (χ3n) is 2.17. The first kappa shape index (κ1) is 15.8. The van der Waals surface area contributed by atoms with E-state index in [1.807, 2.05) is 0 Å². The van der Waals surface area contributed by atoms with Crippen molar-refractivity contribution < 1.29 is 24.1 Å². The van der Waals surface area contributed by atoms with Crippen molar-refractivity contribution in [3.8, 4) is 11.5 Å². The molecule has 6 heteroatoms. The number of carbonyl (C=O) groups is 1. The van der Waals surface area contributed by atoms with Crippen LogP contribution in [0.15, 0.2) is 16.6 Å². The fourth-order valence-corrected chi connectivity index (χ4v) is 2.04. The molecule has 0 aliphatic rings. The number of benzene rings is 1. The molecular formula is C13H17BrO5. The van der Waals surface area contributed by atoms with Gasteiger partial charge in [0.15, 0.2) is 18.1 Å². The predicted molar refractivity (Wildman–Crippen MR) is 73.3 cm³/mol. The van der Waals surface area contributed by atoms with Gasteiger partial charge < -0.3 is 19.3 Å². The molecule has 0 saturated heterocycles. The number of hydrogen-bond donors (Lipinski definition) is 1. The lowest BCUT2D eigenvalue weighted by molar-refractivity contribution is -0.149. The number of aliphatic hydroxyl groups excluding tert-OH is 1. The summed E-state index contributed by atoms with van der Waals surface area (Å²) in [6.07, 6.45) is -0.182. The maximum Gasteiger partial charge on any atom is 0.344 e. The third kappa shape index (κ3) is 4.72. The molecule has 0 atom stereocenters. The van der Waals surface area contributed by atoms with Gasteiger partial charge >= 0.3 is 5.97 Å². The molecule has 5 nitrogen and oxygen atoms in total. The molecule has 0 fully saturated rings. The van der Waals surface area contributed by atoms with Crippen molar-refractivity contribution in [1.29, 1.82) is 0 Å². The highest BCUT2D eigenvalue weighted by Gasteiger charge is 2.14. The second kappa shape index (κ2) is 7.35. The van der Waals surface area contributed by atoms with Crippen LogP contribution in [-0.4, -0.2) is 30.9 Å². The molecule has 0 radical (unpaired) electrons. The number of methoxy groups -OCH3 is 1. The van der Waals surface area contributed by atoms with Crippen molar-refractivity contribution in [3.63, 3.8) is 0 Å². The van der Waals surface area contributed by atoms with Crippen molar-refractivity contribution in [3.05, 3.63) is 22.2 Å². The van der Waals surface area contributed by atoms with Crippen LogP contribution >= 0.6 is 15.9 Å². The molecule has 1 aromatic rings. The van der Waals surface area contributed by atoms with Gasteiger partial charge in [-0.25, -0.2) is 4.79 Å². The molecule has 0 bridgehead atoms. The molecule has 0 saturated carbocycles. The second-order valence-corrected chi connectivity index (χ2v) is 4.95. The Morgan fingerprint density at radius 3 is 2.63 bits per heavy atom. The zero-order chi connectivity index (χ0) is 14.4. The number of carbonyl (C=O) groups excluding carboxylic acids is 1. The first-order valence-electron chi connectivity index (χ1n) is 5.77. The van der Waals surface area contributed by atoms with E-state index in [-0.39, 0.29) is 19.3 Å². The normalized spacial score (nSPS) is 10.4. The van der Waals surface area contributed by atoms with Crippen molar-refractivity contribution in [2.45, 2.75) is 26.6 Å². The Hall–Kier alpha value is -1.27. The number of esters is 1. The fraction of sp³-hybridized carbons (Fsp3) is 0.462. The van der Waals surface area contributed by atoms with Gasteiger partial charge in [0.05, 0.1) is 24.3 Å². The van der Waals surface area contributed by atoms with Crippen molar-refractivity contribution in [1.82, 2.24) is 0 Å². The van der Waals surface area contributed by atoms with Gasteiger partial charge in [-0.05, 0) is 47.5 Å². The summed E-state index contributed by atoms with van der Waals surface area (Å²) in [6, 6.07) is 3.35. The van der Waals surface area contributed by atoms with Gasteiger partial charge in [-0.2, -0.15) is 0 Å². The summed E-state index contributed by atoms with van der Waals surface area (Å²) in [5.41, 5.74) is 0.681. The SMILES string of the molecule is COc1cc(CO)cc(Br)c1OCC(=O)OC(C)C. The summed E-state index contributed by atoms with van der Waals surface area (Å²) in [7, 11) is 1.49. The number of hydrogen-bond acceptors (Lipinski definition) is 5. The lowest BCUT2D eigenvalue weighted by atomic mass is 10.2. The minimum absolute atomic E-state index is 0.107. The molecule has 1 rings (SSSR count). The average Bonchev–Trinajstić information content (AvgIpc) is 2.35. The Morgan fingerprint density at radius 1 is 1.42 bits per heavy atom. The Labute approximate surface area is 120 Å². The summed E-state index contributed by atoms with van der Waals surface area (Å²) in [5, 5.41) is 9.10. The van der Waals surface area contributed by atoms with Gasteiger partial charge in [-0.1, -0.05) is 0 Å². The smallest absolute Gasteiger partial charge is 0.344 e. The number of rotatable bonds is 6. The Bertz CT molecular complexity index is 445. The van der Waals surface area contributed by atoms with E-state index in [4.69, 9.17) is 19.3 Å². The average molecular weight is 333 g/mol. The summed E-state index contributed by atoms with van der Waals surface area (Å²) in [4.78, 5) is 11.4. The highest BCUT2D eigenvalue weighted by atomic mass is 79.9. The highest BCUT2D eigenvalue weighted by molar-refractivity contribution is 9.10. The maximum absolute atomic E-state index is 11.4. The van der Waals surface area contributed by atoms with E-state index in [1.165, 1.54) is 7.11 Å². The van der Waals surface area contributed by atoms with E-state index in [1.54, 1.807) is 26.0 Å². The van der Waals surface area contributed by atoms with Crippen LogP contribution in [0.25, 0.3) is 0 Å². The Morgan fingerprint density at radius 2 is 2.11 bits per heavy atom. The maximum atomic E-state index is 11.4. The van der Waals surface area contributed by atoms with Crippen LogP contribution in [-0.2, 0) is 16.1 Å². The van der Waals surface area contributed by atoms with E-state index in [0.717, 1.165) is 0 Å². The molecule has 0 spiro atoms. The van der Waals surface area contributed by atoms with Crippen LogP contribution in [0.2, 0.25) is 0 Å². The molecule has 0 aliphatic heterocycles. The molecule has 0 aromatic heterocycles. The van der Waals surface area contributed by atoms with Crippen LogP contribution < -0.4 is 9.47 Å². The van der Waals surface area contributed by atoms with Gasteiger partial charge in [0.1, 0.15) is 0 Å². The lowest BCUT2D eigenvalue weighted by Gasteiger charge is -2.14. The topological polar surface area (TPSA) is 65.0 Å². The van der Waals surface area contributed by atoms with Crippen molar-refractivity contribution >= 4 is 21.9 Å². The summed E-state index contributed by atoms with van der Waals surface area (Å²) in [5.74, 6) is 0.395. The molecular weight excluding hydrogens is 316 g/mol. The Kier molecular flexibility index (Phi) is 6.11. The van der Waals surface area contributed by atoms with E-state index < -0.39 is 5.97 Å².